The second kappa shape index (κ2) is 8.77. The highest BCUT2D eigenvalue weighted by Crippen LogP contribution is 2.36. The lowest BCUT2D eigenvalue weighted by molar-refractivity contribution is -0.157. The van der Waals surface area contributed by atoms with Crippen LogP contribution in [-0.4, -0.2) is 48.2 Å². The molecule has 31 heavy (non-hydrogen) atoms. The SMILES string of the molecule is CC(OC(=O)C1CC(=O)N(C2CCCC(C)C2C)C1)C(=O)Nc1ccc2c(c1)OCO2. The molecule has 8 heteroatoms. The minimum absolute atomic E-state index is 0.00497. The van der Waals surface area contributed by atoms with Gasteiger partial charge in [-0.05, 0) is 37.3 Å². The van der Waals surface area contributed by atoms with Crippen LogP contribution in [0.25, 0.3) is 0 Å². The molecule has 0 bridgehead atoms. The number of benzene rings is 1. The Labute approximate surface area is 182 Å². The molecule has 8 nitrogen and oxygen atoms in total. The Morgan fingerprint density at radius 3 is 2.77 bits per heavy atom. The summed E-state index contributed by atoms with van der Waals surface area (Å²) in [6, 6.07) is 5.25. The van der Waals surface area contributed by atoms with Crippen molar-refractivity contribution in [2.45, 2.75) is 58.6 Å². The lowest BCUT2D eigenvalue weighted by Gasteiger charge is -2.39. The fourth-order valence-corrected chi connectivity index (χ4v) is 4.75. The number of fused-ring (bicyclic) bond motifs is 1. The molecule has 1 saturated carbocycles. The van der Waals surface area contributed by atoms with E-state index < -0.39 is 23.9 Å². The number of ether oxygens (including phenoxy) is 3. The van der Waals surface area contributed by atoms with E-state index in [1.54, 1.807) is 18.2 Å². The Hall–Kier alpha value is -2.77. The summed E-state index contributed by atoms with van der Waals surface area (Å²) in [5, 5.41) is 2.72. The molecule has 1 aliphatic carbocycles. The number of hydrogen-bond donors (Lipinski definition) is 1. The Bertz CT molecular complexity index is 872. The highest BCUT2D eigenvalue weighted by Gasteiger charge is 2.42. The molecule has 2 fully saturated rings. The van der Waals surface area contributed by atoms with Crippen LogP contribution in [-0.2, 0) is 19.1 Å². The molecule has 1 aromatic carbocycles. The second-order valence-corrected chi connectivity index (χ2v) is 8.92. The van der Waals surface area contributed by atoms with Crippen LogP contribution in [0.3, 0.4) is 0 Å². The van der Waals surface area contributed by atoms with Gasteiger partial charge in [0.1, 0.15) is 0 Å². The number of carbonyl (C=O) groups is 3. The topological polar surface area (TPSA) is 94.2 Å². The number of anilines is 1. The van der Waals surface area contributed by atoms with E-state index in [-0.39, 0.29) is 25.2 Å². The quantitative estimate of drug-likeness (QED) is 0.722. The van der Waals surface area contributed by atoms with Crippen LogP contribution in [0.1, 0.15) is 46.5 Å². The van der Waals surface area contributed by atoms with E-state index in [9.17, 15) is 14.4 Å². The van der Waals surface area contributed by atoms with Gasteiger partial charge >= 0.3 is 5.97 Å². The molecule has 2 aliphatic heterocycles. The monoisotopic (exact) mass is 430 g/mol. The van der Waals surface area contributed by atoms with Crippen molar-refractivity contribution in [2.75, 3.05) is 18.7 Å². The summed E-state index contributed by atoms with van der Waals surface area (Å²) in [5.74, 6) is 0.691. The van der Waals surface area contributed by atoms with Crippen LogP contribution < -0.4 is 14.8 Å². The molecule has 5 unspecified atom stereocenters. The maximum absolute atomic E-state index is 12.7. The minimum Gasteiger partial charge on any atom is -0.454 e. The van der Waals surface area contributed by atoms with E-state index in [0.717, 1.165) is 12.8 Å². The average Bonchev–Trinajstić information content (AvgIpc) is 3.36. The summed E-state index contributed by atoms with van der Waals surface area (Å²) in [7, 11) is 0. The molecule has 1 N–H and O–H groups in total. The van der Waals surface area contributed by atoms with Gasteiger partial charge in [-0.15, -0.1) is 0 Å². The first-order chi connectivity index (χ1) is 14.8. The van der Waals surface area contributed by atoms with E-state index >= 15 is 0 Å². The molecule has 0 aromatic heterocycles. The number of nitrogens with one attached hydrogen (secondary N) is 1. The Kier molecular flexibility index (Phi) is 6.07. The van der Waals surface area contributed by atoms with Gasteiger partial charge in [0.2, 0.25) is 12.7 Å². The van der Waals surface area contributed by atoms with Gasteiger partial charge in [0.05, 0.1) is 5.92 Å². The zero-order valence-corrected chi connectivity index (χ0v) is 18.3. The number of nitrogens with zero attached hydrogens (tertiary/aromatic N) is 1. The highest BCUT2D eigenvalue weighted by molar-refractivity contribution is 5.96. The van der Waals surface area contributed by atoms with E-state index in [4.69, 9.17) is 14.2 Å². The number of amides is 2. The molecule has 3 aliphatic rings. The van der Waals surface area contributed by atoms with Gasteiger partial charge in [-0.25, -0.2) is 0 Å². The van der Waals surface area contributed by atoms with Crippen LogP contribution in [0.15, 0.2) is 18.2 Å². The number of esters is 1. The van der Waals surface area contributed by atoms with Crippen molar-refractivity contribution in [3.63, 3.8) is 0 Å². The number of hydrogen-bond acceptors (Lipinski definition) is 6. The molecule has 1 saturated heterocycles. The number of rotatable bonds is 5. The van der Waals surface area contributed by atoms with Crippen LogP contribution >= 0.6 is 0 Å². The fraction of sp³-hybridized carbons (Fsp3) is 0.609. The van der Waals surface area contributed by atoms with E-state index in [0.29, 0.717) is 35.6 Å². The second-order valence-electron chi connectivity index (χ2n) is 8.92. The van der Waals surface area contributed by atoms with Gasteiger partial charge in [0.15, 0.2) is 17.6 Å². The Morgan fingerprint density at radius 2 is 1.97 bits per heavy atom. The van der Waals surface area contributed by atoms with Gasteiger partial charge in [0, 0.05) is 30.8 Å². The van der Waals surface area contributed by atoms with Crippen molar-refractivity contribution < 1.29 is 28.6 Å². The summed E-state index contributed by atoms with van der Waals surface area (Å²) < 4.78 is 16.0. The predicted molar refractivity (Wildman–Crippen MR) is 113 cm³/mol. The Balaban J connectivity index is 1.31. The zero-order valence-electron chi connectivity index (χ0n) is 18.3. The maximum Gasteiger partial charge on any atom is 0.312 e. The minimum atomic E-state index is -0.976. The first kappa shape index (κ1) is 21.5. The van der Waals surface area contributed by atoms with Crippen molar-refractivity contribution in [2.24, 2.45) is 17.8 Å². The highest BCUT2D eigenvalue weighted by atomic mass is 16.7. The van der Waals surface area contributed by atoms with E-state index in [1.165, 1.54) is 13.3 Å². The molecular weight excluding hydrogens is 400 g/mol. The molecule has 2 amide bonds. The normalized spacial score (nSPS) is 28.4. The van der Waals surface area contributed by atoms with E-state index in [2.05, 4.69) is 19.2 Å². The summed E-state index contributed by atoms with van der Waals surface area (Å²) in [4.78, 5) is 39.6. The van der Waals surface area contributed by atoms with Crippen molar-refractivity contribution >= 4 is 23.5 Å². The van der Waals surface area contributed by atoms with Crippen LogP contribution in [0.5, 0.6) is 11.5 Å². The third-order valence-electron chi connectivity index (χ3n) is 6.86. The lowest BCUT2D eigenvalue weighted by atomic mass is 9.77. The summed E-state index contributed by atoms with van der Waals surface area (Å²) in [5.41, 5.74) is 0.528. The lowest BCUT2D eigenvalue weighted by Crippen LogP contribution is -2.45. The van der Waals surface area contributed by atoms with Crippen LogP contribution in [0.4, 0.5) is 5.69 Å². The average molecular weight is 431 g/mol. The predicted octanol–water partition coefficient (Wildman–Crippen LogP) is 2.96. The summed E-state index contributed by atoms with van der Waals surface area (Å²) in [6.45, 7) is 6.46. The molecular formula is C23H30N2O6. The van der Waals surface area contributed by atoms with Crippen LogP contribution in [0.2, 0.25) is 0 Å². The molecule has 5 atom stereocenters. The first-order valence-corrected chi connectivity index (χ1v) is 11.0. The van der Waals surface area contributed by atoms with Gasteiger partial charge in [-0.1, -0.05) is 26.7 Å². The van der Waals surface area contributed by atoms with Gasteiger partial charge < -0.3 is 24.4 Å². The van der Waals surface area contributed by atoms with Gasteiger partial charge in [-0.2, -0.15) is 0 Å². The number of likely N-dealkylation sites (tertiary alicyclic amines) is 1. The van der Waals surface area contributed by atoms with Crippen LogP contribution in [0, 0.1) is 17.8 Å². The standard InChI is InChI=1S/C23H30N2O6/c1-13-5-4-6-18(14(13)2)25-11-16(9-21(25)26)23(28)31-15(3)22(27)24-17-7-8-19-20(10-17)30-12-29-19/h7-8,10,13-16,18H,4-6,9,11-12H2,1-3H3,(H,24,27). The van der Waals surface area contributed by atoms with Gasteiger partial charge in [-0.3, -0.25) is 14.4 Å². The maximum atomic E-state index is 12.7. The van der Waals surface area contributed by atoms with Crippen molar-refractivity contribution in [1.29, 1.82) is 0 Å². The molecule has 0 radical (unpaired) electrons. The molecule has 1 aromatic rings. The van der Waals surface area contributed by atoms with Crippen molar-refractivity contribution in [3.05, 3.63) is 18.2 Å². The third kappa shape index (κ3) is 4.48. The van der Waals surface area contributed by atoms with Crippen molar-refractivity contribution in [3.8, 4) is 11.5 Å². The molecule has 0 spiro atoms. The smallest absolute Gasteiger partial charge is 0.312 e. The zero-order chi connectivity index (χ0) is 22.1. The molecule has 168 valence electrons. The fourth-order valence-electron chi connectivity index (χ4n) is 4.75. The summed E-state index contributed by atoms with van der Waals surface area (Å²) >= 11 is 0. The molecule has 2 heterocycles. The summed E-state index contributed by atoms with van der Waals surface area (Å²) in [6.07, 6.45) is 2.43. The van der Waals surface area contributed by atoms with Crippen molar-refractivity contribution in [1.82, 2.24) is 4.90 Å². The van der Waals surface area contributed by atoms with Gasteiger partial charge in [0.25, 0.3) is 5.91 Å². The largest absolute Gasteiger partial charge is 0.454 e. The van der Waals surface area contributed by atoms with E-state index in [1.807, 2.05) is 4.90 Å². The molecule has 4 rings (SSSR count). The first-order valence-electron chi connectivity index (χ1n) is 11.0. The number of carbonyl (C=O) groups excluding carboxylic acids is 3. The Morgan fingerprint density at radius 1 is 1.19 bits per heavy atom. The third-order valence-corrected chi connectivity index (χ3v) is 6.86.